The number of phenols is 1. The van der Waals surface area contributed by atoms with E-state index in [1.165, 1.54) is 19.1 Å². The van der Waals surface area contributed by atoms with Gasteiger partial charge < -0.3 is 15.7 Å². The molecule has 6 heteroatoms. The SMILES string of the molecule is CC(=O)N[C@@H](Cc1ccc(O)cc1)C(=O)N[C@H]([C]=O)C(C)C. The number of phenolic OH excluding ortho intramolecular Hbond substituents is 1. The molecule has 2 amide bonds. The van der Waals surface area contributed by atoms with Crippen LogP contribution in [0.2, 0.25) is 0 Å². The Hall–Kier alpha value is -2.37. The van der Waals surface area contributed by atoms with Crippen LogP contribution in [0.3, 0.4) is 0 Å². The third kappa shape index (κ3) is 5.55. The van der Waals surface area contributed by atoms with Crippen LogP contribution in [0.15, 0.2) is 24.3 Å². The molecule has 0 unspecified atom stereocenters. The minimum Gasteiger partial charge on any atom is -0.508 e. The van der Waals surface area contributed by atoms with Crippen molar-refractivity contribution in [2.45, 2.75) is 39.3 Å². The number of rotatable bonds is 7. The van der Waals surface area contributed by atoms with E-state index in [4.69, 9.17) is 0 Å². The second-order valence-electron chi connectivity index (χ2n) is 5.47. The molecule has 1 rings (SSSR count). The van der Waals surface area contributed by atoms with Crippen LogP contribution in [0.4, 0.5) is 0 Å². The van der Waals surface area contributed by atoms with Crippen molar-refractivity contribution in [1.82, 2.24) is 10.6 Å². The van der Waals surface area contributed by atoms with Crippen molar-refractivity contribution in [1.29, 1.82) is 0 Å². The Kier molecular flexibility index (Phi) is 6.56. The summed E-state index contributed by atoms with van der Waals surface area (Å²) in [5, 5.41) is 14.4. The summed E-state index contributed by atoms with van der Waals surface area (Å²) in [6, 6.07) is 4.84. The van der Waals surface area contributed by atoms with E-state index in [0.717, 1.165) is 5.56 Å². The molecule has 6 nitrogen and oxygen atoms in total. The fraction of sp³-hybridized carbons (Fsp3) is 0.438. The standard InChI is InChI=1S/C16H21N2O4/c1-10(2)15(9-19)18-16(22)14(17-11(3)20)8-12-4-6-13(21)7-5-12/h4-7,10,14-15,21H,8H2,1-3H3,(H,17,20)(H,18,22)/t14-,15+/m0/s1. The van der Waals surface area contributed by atoms with Crippen LogP contribution in [-0.2, 0) is 20.8 Å². The van der Waals surface area contributed by atoms with E-state index in [0.29, 0.717) is 0 Å². The van der Waals surface area contributed by atoms with Gasteiger partial charge in [0.25, 0.3) is 0 Å². The first-order chi connectivity index (χ1) is 10.3. The molecular formula is C16H21N2O4. The maximum atomic E-state index is 12.3. The first-order valence-electron chi connectivity index (χ1n) is 7.06. The van der Waals surface area contributed by atoms with Gasteiger partial charge in [-0.3, -0.25) is 14.4 Å². The zero-order chi connectivity index (χ0) is 16.7. The third-order valence-corrected chi connectivity index (χ3v) is 3.16. The third-order valence-electron chi connectivity index (χ3n) is 3.16. The zero-order valence-electron chi connectivity index (χ0n) is 12.9. The molecule has 1 aromatic carbocycles. The van der Waals surface area contributed by atoms with Crippen LogP contribution >= 0.6 is 0 Å². The van der Waals surface area contributed by atoms with Gasteiger partial charge in [-0.15, -0.1) is 0 Å². The summed E-state index contributed by atoms with van der Waals surface area (Å²) in [5.74, 6) is -0.742. The molecule has 0 fully saturated rings. The van der Waals surface area contributed by atoms with Gasteiger partial charge in [-0.25, -0.2) is 0 Å². The van der Waals surface area contributed by atoms with E-state index in [1.54, 1.807) is 32.3 Å². The molecular weight excluding hydrogens is 284 g/mol. The second-order valence-corrected chi connectivity index (χ2v) is 5.47. The Balaban J connectivity index is 2.82. The van der Waals surface area contributed by atoms with Crippen molar-refractivity contribution >= 4 is 18.1 Å². The lowest BCUT2D eigenvalue weighted by atomic mass is 10.0. The highest BCUT2D eigenvalue weighted by Crippen LogP contribution is 2.12. The topological polar surface area (TPSA) is 95.5 Å². The Morgan fingerprint density at radius 2 is 1.77 bits per heavy atom. The monoisotopic (exact) mass is 305 g/mol. The van der Waals surface area contributed by atoms with Gasteiger partial charge in [0, 0.05) is 13.3 Å². The van der Waals surface area contributed by atoms with Crippen LogP contribution in [-0.4, -0.2) is 35.3 Å². The average molecular weight is 305 g/mol. The maximum Gasteiger partial charge on any atom is 0.243 e. The highest BCUT2D eigenvalue weighted by Gasteiger charge is 2.24. The molecule has 0 aromatic heterocycles. The van der Waals surface area contributed by atoms with Crippen molar-refractivity contribution in [3.63, 3.8) is 0 Å². The summed E-state index contributed by atoms with van der Waals surface area (Å²) in [6.07, 6.45) is 2.04. The number of amides is 2. The summed E-state index contributed by atoms with van der Waals surface area (Å²) in [5.41, 5.74) is 0.780. The molecule has 2 atom stereocenters. The maximum absolute atomic E-state index is 12.3. The molecule has 0 saturated heterocycles. The number of carbonyl (C=O) groups excluding carboxylic acids is 3. The Labute approximate surface area is 129 Å². The molecule has 0 spiro atoms. The van der Waals surface area contributed by atoms with Gasteiger partial charge in [-0.2, -0.15) is 0 Å². The Morgan fingerprint density at radius 3 is 2.23 bits per heavy atom. The number of hydrogen-bond donors (Lipinski definition) is 3. The van der Waals surface area contributed by atoms with Gasteiger partial charge >= 0.3 is 0 Å². The van der Waals surface area contributed by atoms with Crippen molar-refractivity contribution in [2.24, 2.45) is 5.92 Å². The summed E-state index contributed by atoms with van der Waals surface area (Å²) < 4.78 is 0. The number of aromatic hydroxyl groups is 1. The van der Waals surface area contributed by atoms with Crippen molar-refractivity contribution in [2.75, 3.05) is 0 Å². The summed E-state index contributed by atoms with van der Waals surface area (Å²) in [6.45, 7) is 4.91. The molecule has 0 aliphatic carbocycles. The fourth-order valence-corrected chi connectivity index (χ4v) is 1.91. The smallest absolute Gasteiger partial charge is 0.243 e. The fourth-order valence-electron chi connectivity index (χ4n) is 1.91. The van der Waals surface area contributed by atoms with E-state index in [1.807, 2.05) is 0 Å². The highest BCUT2D eigenvalue weighted by atomic mass is 16.3. The minimum atomic E-state index is -0.795. The molecule has 0 saturated carbocycles. The van der Waals surface area contributed by atoms with Crippen LogP contribution < -0.4 is 10.6 Å². The number of nitrogens with one attached hydrogen (secondary N) is 2. The predicted molar refractivity (Wildman–Crippen MR) is 81.9 cm³/mol. The van der Waals surface area contributed by atoms with Gasteiger partial charge in [0.05, 0.1) is 6.04 Å². The van der Waals surface area contributed by atoms with Gasteiger partial charge in [-0.05, 0) is 23.6 Å². The Bertz CT molecular complexity index is 525. The quantitative estimate of drug-likeness (QED) is 0.690. The molecule has 0 bridgehead atoms. The molecule has 22 heavy (non-hydrogen) atoms. The summed E-state index contributed by atoms with van der Waals surface area (Å²) in [4.78, 5) is 34.4. The van der Waals surface area contributed by atoms with Crippen LogP contribution in [0.25, 0.3) is 0 Å². The zero-order valence-corrected chi connectivity index (χ0v) is 12.9. The largest absolute Gasteiger partial charge is 0.508 e. The van der Waals surface area contributed by atoms with Crippen molar-refractivity contribution < 1.29 is 19.5 Å². The first kappa shape index (κ1) is 17.7. The second kappa shape index (κ2) is 8.17. The number of carbonyl (C=O) groups is 2. The molecule has 3 N–H and O–H groups in total. The van der Waals surface area contributed by atoms with Crippen molar-refractivity contribution in [3.05, 3.63) is 29.8 Å². The van der Waals surface area contributed by atoms with E-state index in [2.05, 4.69) is 10.6 Å². The normalized spacial score (nSPS) is 13.3. The predicted octanol–water partition coefficient (Wildman–Crippen LogP) is 0.690. The van der Waals surface area contributed by atoms with Crippen LogP contribution in [0.5, 0.6) is 5.75 Å². The number of benzene rings is 1. The van der Waals surface area contributed by atoms with Crippen LogP contribution in [0.1, 0.15) is 26.3 Å². The summed E-state index contributed by atoms with van der Waals surface area (Å²) >= 11 is 0. The van der Waals surface area contributed by atoms with E-state index in [9.17, 15) is 19.5 Å². The lowest BCUT2D eigenvalue weighted by molar-refractivity contribution is -0.128. The van der Waals surface area contributed by atoms with Gasteiger partial charge in [0.15, 0.2) is 0 Å². The molecule has 0 aliphatic heterocycles. The van der Waals surface area contributed by atoms with Crippen molar-refractivity contribution in [3.8, 4) is 5.75 Å². The molecule has 1 aromatic rings. The average Bonchev–Trinajstić information content (AvgIpc) is 2.45. The Morgan fingerprint density at radius 1 is 1.18 bits per heavy atom. The molecule has 0 aliphatic rings. The molecule has 1 radical (unpaired) electrons. The lowest BCUT2D eigenvalue weighted by Crippen LogP contribution is -2.51. The molecule has 0 heterocycles. The van der Waals surface area contributed by atoms with E-state index in [-0.39, 0.29) is 24.0 Å². The van der Waals surface area contributed by atoms with Gasteiger partial charge in [-0.1, -0.05) is 26.0 Å². The minimum absolute atomic E-state index is 0.0897. The lowest BCUT2D eigenvalue weighted by Gasteiger charge is -2.21. The first-order valence-corrected chi connectivity index (χ1v) is 7.06. The summed E-state index contributed by atoms with van der Waals surface area (Å²) in [7, 11) is 0. The number of hydrogen-bond acceptors (Lipinski definition) is 4. The highest BCUT2D eigenvalue weighted by molar-refractivity contribution is 5.88. The van der Waals surface area contributed by atoms with Gasteiger partial charge in [0.1, 0.15) is 11.8 Å². The van der Waals surface area contributed by atoms with Crippen LogP contribution in [0, 0.1) is 5.92 Å². The van der Waals surface area contributed by atoms with E-state index < -0.39 is 18.0 Å². The molecule has 119 valence electrons. The van der Waals surface area contributed by atoms with E-state index >= 15 is 0 Å². The van der Waals surface area contributed by atoms with Gasteiger partial charge in [0.2, 0.25) is 18.1 Å².